The minimum atomic E-state index is 0.781. The van der Waals surface area contributed by atoms with Crippen LogP contribution in [0.2, 0.25) is 0 Å². The maximum atomic E-state index is 5.59. The number of para-hydroxylation sites is 3. The second-order valence-electron chi connectivity index (χ2n) is 7.67. The van der Waals surface area contributed by atoms with Gasteiger partial charge in [0.05, 0.1) is 0 Å². The molecular weight excluding hydrogens is 416 g/mol. The molecule has 5 rings (SSSR count). The highest BCUT2D eigenvalue weighted by Gasteiger charge is 1.96. The summed E-state index contributed by atoms with van der Waals surface area (Å²) < 4.78 is 0. The molecule has 0 amide bonds. The Morgan fingerprint density at radius 2 is 0.529 bits per heavy atom. The molecule has 4 heteroatoms. The second kappa shape index (κ2) is 11.8. The van der Waals surface area contributed by atoms with Crippen LogP contribution in [-0.2, 0) is 0 Å². The quantitative estimate of drug-likeness (QED) is 0.199. The van der Waals surface area contributed by atoms with Gasteiger partial charge in [-0.15, -0.1) is 0 Å². The van der Waals surface area contributed by atoms with Crippen molar-refractivity contribution in [2.45, 2.75) is 0 Å². The van der Waals surface area contributed by atoms with E-state index < -0.39 is 0 Å². The molecule has 5 aromatic rings. The summed E-state index contributed by atoms with van der Waals surface area (Å²) >= 11 is 0. The first-order valence-corrected chi connectivity index (χ1v) is 11.2. The van der Waals surface area contributed by atoms with Gasteiger partial charge in [-0.1, -0.05) is 54.6 Å². The van der Waals surface area contributed by atoms with Gasteiger partial charge < -0.3 is 21.7 Å². The van der Waals surface area contributed by atoms with E-state index in [4.69, 9.17) is 5.73 Å². The van der Waals surface area contributed by atoms with Crippen molar-refractivity contribution in [3.63, 3.8) is 0 Å². The average Bonchev–Trinajstić information content (AvgIpc) is 2.89. The Bertz CT molecular complexity index is 1180. The van der Waals surface area contributed by atoms with E-state index in [2.05, 4.69) is 64.5 Å². The van der Waals surface area contributed by atoms with Crippen molar-refractivity contribution >= 4 is 39.8 Å². The van der Waals surface area contributed by atoms with Crippen molar-refractivity contribution in [1.29, 1.82) is 0 Å². The van der Waals surface area contributed by atoms with Gasteiger partial charge in [0.1, 0.15) is 0 Å². The zero-order valence-corrected chi connectivity index (χ0v) is 18.9. The van der Waals surface area contributed by atoms with E-state index in [1.165, 1.54) is 0 Å². The third-order valence-electron chi connectivity index (χ3n) is 4.98. The number of rotatable bonds is 6. The van der Waals surface area contributed by atoms with Crippen LogP contribution in [0.1, 0.15) is 0 Å². The van der Waals surface area contributed by atoms with Crippen LogP contribution < -0.4 is 21.7 Å². The molecule has 168 valence electrons. The summed E-state index contributed by atoms with van der Waals surface area (Å²) in [4.78, 5) is 0. The summed E-state index contributed by atoms with van der Waals surface area (Å²) in [5.74, 6) is 0. The van der Waals surface area contributed by atoms with Gasteiger partial charge in [0.25, 0.3) is 0 Å². The van der Waals surface area contributed by atoms with E-state index in [1.54, 1.807) is 0 Å². The molecular formula is C30H28N4. The van der Waals surface area contributed by atoms with Crippen LogP contribution >= 0.6 is 0 Å². The predicted octanol–water partition coefficient (Wildman–Crippen LogP) is 8.19. The fourth-order valence-corrected chi connectivity index (χ4v) is 3.27. The Kier molecular flexibility index (Phi) is 7.80. The smallest absolute Gasteiger partial charge is 0.0385 e. The van der Waals surface area contributed by atoms with Crippen LogP contribution in [0.5, 0.6) is 0 Å². The van der Waals surface area contributed by atoms with Gasteiger partial charge in [0, 0.05) is 39.8 Å². The zero-order valence-electron chi connectivity index (χ0n) is 18.9. The highest BCUT2D eigenvalue weighted by atomic mass is 14.9. The standard InChI is InChI=1S/C18H16N2.C12H12N2/c1-3-7-15(8-4-1)19-17-11-13-18(14-12-17)20-16-9-5-2-6-10-16;13-10-6-8-12(9-7-10)14-11-4-2-1-3-5-11/h1-14,19-20H;1-9,14H,13H2. The maximum absolute atomic E-state index is 5.59. The van der Waals surface area contributed by atoms with Gasteiger partial charge >= 0.3 is 0 Å². The Labute approximate surface area is 201 Å². The van der Waals surface area contributed by atoms with E-state index in [1.807, 2.05) is 91.0 Å². The molecule has 0 fully saturated rings. The Morgan fingerprint density at radius 1 is 0.294 bits per heavy atom. The number of anilines is 7. The molecule has 0 unspecified atom stereocenters. The molecule has 0 saturated carbocycles. The minimum Gasteiger partial charge on any atom is -0.399 e. The largest absolute Gasteiger partial charge is 0.399 e. The Balaban J connectivity index is 0.000000172. The average molecular weight is 445 g/mol. The Hall–Kier alpha value is -4.70. The molecule has 0 spiro atoms. The molecule has 4 nitrogen and oxygen atoms in total. The van der Waals surface area contributed by atoms with Crippen molar-refractivity contribution in [3.8, 4) is 0 Å². The van der Waals surface area contributed by atoms with Gasteiger partial charge in [0.2, 0.25) is 0 Å². The number of nitrogens with one attached hydrogen (secondary N) is 3. The first-order valence-electron chi connectivity index (χ1n) is 11.2. The molecule has 0 saturated heterocycles. The Morgan fingerprint density at radius 3 is 0.824 bits per heavy atom. The molecule has 0 aromatic heterocycles. The maximum Gasteiger partial charge on any atom is 0.0385 e. The summed E-state index contributed by atoms with van der Waals surface area (Å²) in [7, 11) is 0. The van der Waals surface area contributed by atoms with Crippen LogP contribution in [0.15, 0.2) is 140 Å². The van der Waals surface area contributed by atoms with Crippen LogP contribution in [0.3, 0.4) is 0 Å². The molecule has 0 aliphatic carbocycles. The lowest BCUT2D eigenvalue weighted by Crippen LogP contribution is -1.92. The van der Waals surface area contributed by atoms with Crippen LogP contribution in [0.25, 0.3) is 0 Å². The fourth-order valence-electron chi connectivity index (χ4n) is 3.27. The van der Waals surface area contributed by atoms with Gasteiger partial charge in [-0.25, -0.2) is 0 Å². The topological polar surface area (TPSA) is 62.1 Å². The number of hydrogen-bond acceptors (Lipinski definition) is 4. The van der Waals surface area contributed by atoms with E-state index in [0.29, 0.717) is 0 Å². The summed E-state index contributed by atoms with van der Waals surface area (Å²) in [5, 5.41) is 10.0. The van der Waals surface area contributed by atoms with Crippen molar-refractivity contribution in [3.05, 3.63) is 140 Å². The van der Waals surface area contributed by atoms with Gasteiger partial charge in [0.15, 0.2) is 0 Å². The molecule has 0 aliphatic rings. The van der Waals surface area contributed by atoms with Gasteiger partial charge in [-0.2, -0.15) is 0 Å². The minimum absolute atomic E-state index is 0.781. The first kappa shape index (κ1) is 22.5. The van der Waals surface area contributed by atoms with Gasteiger partial charge in [-0.05, 0) is 84.9 Å². The SMILES string of the molecule is Nc1ccc(Nc2ccccc2)cc1.c1ccc(Nc2ccc(Nc3ccccc3)cc2)cc1. The van der Waals surface area contributed by atoms with Crippen molar-refractivity contribution in [2.24, 2.45) is 0 Å². The third-order valence-corrected chi connectivity index (χ3v) is 4.98. The molecule has 34 heavy (non-hydrogen) atoms. The number of nitrogens with two attached hydrogens (primary N) is 1. The van der Waals surface area contributed by atoms with E-state index in [0.717, 1.165) is 39.8 Å². The molecule has 0 radical (unpaired) electrons. The molecule has 0 aliphatic heterocycles. The first-order chi connectivity index (χ1) is 16.7. The zero-order chi connectivity index (χ0) is 23.4. The van der Waals surface area contributed by atoms with Gasteiger partial charge in [-0.3, -0.25) is 0 Å². The second-order valence-corrected chi connectivity index (χ2v) is 7.67. The van der Waals surface area contributed by atoms with Crippen LogP contribution in [0, 0.1) is 0 Å². The van der Waals surface area contributed by atoms with Crippen molar-refractivity contribution < 1.29 is 0 Å². The normalized spacial score (nSPS) is 9.88. The molecule has 0 bridgehead atoms. The van der Waals surface area contributed by atoms with Crippen molar-refractivity contribution in [2.75, 3.05) is 21.7 Å². The number of benzene rings is 5. The lowest BCUT2D eigenvalue weighted by molar-refractivity contribution is 1.52. The summed E-state index contributed by atoms with van der Waals surface area (Å²) in [6.07, 6.45) is 0. The molecule has 0 heterocycles. The lowest BCUT2D eigenvalue weighted by Gasteiger charge is -2.09. The summed E-state index contributed by atoms with van der Waals surface area (Å²) in [5.41, 5.74) is 12.8. The van der Waals surface area contributed by atoms with E-state index in [9.17, 15) is 0 Å². The lowest BCUT2D eigenvalue weighted by atomic mass is 10.2. The highest BCUT2D eigenvalue weighted by molar-refractivity contribution is 5.66. The predicted molar refractivity (Wildman–Crippen MR) is 146 cm³/mol. The van der Waals surface area contributed by atoms with E-state index >= 15 is 0 Å². The third kappa shape index (κ3) is 7.18. The fraction of sp³-hybridized carbons (Fsp3) is 0. The molecule has 5 N–H and O–H groups in total. The van der Waals surface area contributed by atoms with Crippen molar-refractivity contribution in [1.82, 2.24) is 0 Å². The van der Waals surface area contributed by atoms with Crippen LogP contribution in [-0.4, -0.2) is 0 Å². The van der Waals surface area contributed by atoms with Crippen LogP contribution in [0.4, 0.5) is 39.8 Å². The number of nitrogen functional groups attached to an aromatic ring is 1. The monoisotopic (exact) mass is 444 g/mol. The van der Waals surface area contributed by atoms with E-state index in [-0.39, 0.29) is 0 Å². The summed E-state index contributed by atoms with van der Waals surface area (Å²) in [6, 6.07) is 46.3. The highest BCUT2D eigenvalue weighted by Crippen LogP contribution is 2.21. The number of hydrogen-bond donors (Lipinski definition) is 4. The molecule has 0 atom stereocenters. The summed E-state index contributed by atoms with van der Waals surface area (Å²) in [6.45, 7) is 0. The molecule has 5 aromatic carbocycles.